The van der Waals surface area contributed by atoms with Crippen molar-refractivity contribution in [1.29, 1.82) is 0 Å². The maximum Gasteiger partial charge on any atom is 0.272 e. The molecule has 0 radical (unpaired) electrons. The van der Waals surface area contributed by atoms with E-state index < -0.39 is 0 Å². The van der Waals surface area contributed by atoms with Gasteiger partial charge in [0, 0.05) is 28.8 Å². The number of hydrogen-bond acceptors (Lipinski definition) is 3. The second-order valence-electron chi connectivity index (χ2n) is 5.06. The van der Waals surface area contributed by atoms with Gasteiger partial charge in [-0.1, -0.05) is 22.0 Å². The van der Waals surface area contributed by atoms with Gasteiger partial charge in [-0.2, -0.15) is 5.10 Å². The molecular formula is C15H17BrN4O. The van der Waals surface area contributed by atoms with Gasteiger partial charge in [0.25, 0.3) is 5.91 Å². The van der Waals surface area contributed by atoms with E-state index in [0.29, 0.717) is 18.8 Å². The fourth-order valence-electron chi connectivity index (χ4n) is 2.71. The van der Waals surface area contributed by atoms with Crippen LogP contribution in [-0.2, 0) is 12.8 Å². The van der Waals surface area contributed by atoms with Crippen LogP contribution in [-0.4, -0.2) is 28.8 Å². The molecule has 1 heterocycles. The Morgan fingerprint density at radius 3 is 3.05 bits per heavy atom. The summed E-state index contributed by atoms with van der Waals surface area (Å²) in [7, 11) is 0. The van der Waals surface area contributed by atoms with Crippen LogP contribution < -0.4 is 11.1 Å². The number of benzene rings is 1. The highest BCUT2D eigenvalue weighted by Crippen LogP contribution is 2.28. The number of amides is 1. The van der Waals surface area contributed by atoms with Crippen LogP contribution in [0.5, 0.6) is 0 Å². The van der Waals surface area contributed by atoms with Crippen molar-refractivity contribution in [2.45, 2.75) is 19.3 Å². The van der Waals surface area contributed by atoms with Crippen molar-refractivity contribution in [3.63, 3.8) is 0 Å². The van der Waals surface area contributed by atoms with Gasteiger partial charge in [0.1, 0.15) is 0 Å². The van der Waals surface area contributed by atoms with Gasteiger partial charge >= 0.3 is 0 Å². The molecule has 21 heavy (non-hydrogen) atoms. The predicted molar refractivity (Wildman–Crippen MR) is 84.7 cm³/mol. The quantitative estimate of drug-likeness (QED) is 0.884. The minimum absolute atomic E-state index is 0.132. The summed E-state index contributed by atoms with van der Waals surface area (Å²) in [5.74, 6) is -0.132. The molecule has 1 aliphatic rings. The molecule has 3 rings (SSSR count). The minimum atomic E-state index is -0.132. The fraction of sp³-hybridized carbons (Fsp3) is 0.333. The van der Waals surface area contributed by atoms with Crippen LogP contribution in [0.15, 0.2) is 28.7 Å². The highest BCUT2D eigenvalue weighted by atomic mass is 79.9. The molecule has 1 aromatic carbocycles. The van der Waals surface area contributed by atoms with Crippen LogP contribution in [0, 0.1) is 0 Å². The summed E-state index contributed by atoms with van der Waals surface area (Å²) in [6.07, 6.45) is 2.94. The monoisotopic (exact) mass is 348 g/mol. The number of nitrogens with zero attached hydrogens (tertiary/aromatic N) is 2. The lowest BCUT2D eigenvalue weighted by Gasteiger charge is -2.05. The first-order chi connectivity index (χ1) is 10.2. The van der Waals surface area contributed by atoms with Crippen molar-refractivity contribution >= 4 is 21.8 Å². The smallest absolute Gasteiger partial charge is 0.272 e. The predicted octanol–water partition coefficient (Wildman–Crippen LogP) is 1.81. The molecule has 1 aliphatic carbocycles. The summed E-state index contributed by atoms with van der Waals surface area (Å²) < 4.78 is 2.89. The molecule has 0 unspecified atom stereocenters. The Bertz CT molecular complexity index is 680. The number of nitrogens with two attached hydrogens (primary N) is 1. The average molecular weight is 349 g/mol. The van der Waals surface area contributed by atoms with Gasteiger partial charge < -0.3 is 11.1 Å². The van der Waals surface area contributed by atoms with E-state index in [0.717, 1.165) is 40.7 Å². The Morgan fingerprint density at radius 2 is 2.29 bits per heavy atom. The van der Waals surface area contributed by atoms with E-state index in [-0.39, 0.29) is 5.91 Å². The lowest BCUT2D eigenvalue weighted by Crippen LogP contribution is -2.30. The van der Waals surface area contributed by atoms with Crippen LogP contribution in [0.2, 0.25) is 0 Å². The van der Waals surface area contributed by atoms with Crippen LogP contribution >= 0.6 is 15.9 Å². The number of halogens is 1. The summed E-state index contributed by atoms with van der Waals surface area (Å²) >= 11 is 3.48. The number of fused-ring (bicyclic) bond motifs is 1. The van der Waals surface area contributed by atoms with E-state index in [1.165, 1.54) is 0 Å². The van der Waals surface area contributed by atoms with E-state index >= 15 is 0 Å². The summed E-state index contributed by atoms with van der Waals surface area (Å²) in [5, 5.41) is 7.34. The molecule has 0 fully saturated rings. The van der Waals surface area contributed by atoms with Gasteiger partial charge in [0.05, 0.1) is 5.69 Å². The summed E-state index contributed by atoms with van der Waals surface area (Å²) in [5.41, 5.74) is 9.16. The maximum absolute atomic E-state index is 12.2. The third kappa shape index (κ3) is 2.73. The molecule has 0 aliphatic heterocycles. The van der Waals surface area contributed by atoms with Crippen molar-refractivity contribution in [2.24, 2.45) is 5.73 Å². The van der Waals surface area contributed by atoms with Gasteiger partial charge in [-0.25, -0.2) is 4.68 Å². The number of carbonyl (C=O) groups is 1. The molecule has 5 nitrogen and oxygen atoms in total. The molecule has 0 spiro atoms. The van der Waals surface area contributed by atoms with Gasteiger partial charge in [-0.15, -0.1) is 0 Å². The van der Waals surface area contributed by atoms with E-state index in [2.05, 4.69) is 26.3 Å². The molecule has 0 saturated heterocycles. The zero-order valence-electron chi connectivity index (χ0n) is 11.6. The van der Waals surface area contributed by atoms with Crippen molar-refractivity contribution in [3.05, 3.63) is 45.7 Å². The van der Waals surface area contributed by atoms with Gasteiger partial charge in [-0.3, -0.25) is 4.79 Å². The van der Waals surface area contributed by atoms with E-state index in [1.54, 1.807) is 0 Å². The van der Waals surface area contributed by atoms with Crippen LogP contribution in [0.4, 0.5) is 0 Å². The van der Waals surface area contributed by atoms with Crippen molar-refractivity contribution in [3.8, 4) is 5.69 Å². The number of rotatable bonds is 4. The number of carbonyl (C=O) groups excluding carboxylic acids is 1. The van der Waals surface area contributed by atoms with Crippen molar-refractivity contribution in [1.82, 2.24) is 15.1 Å². The highest BCUT2D eigenvalue weighted by Gasteiger charge is 2.26. The Balaban J connectivity index is 2.01. The van der Waals surface area contributed by atoms with Crippen molar-refractivity contribution in [2.75, 3.05) is 13.1 Å². The molecule has 0 saturated carbocycles. The second-order valence-corrected chi connectivity index (χ2v) is 5.98. The molecule has 2 aromatic rings. The lowest BCUT2D eigenvalue weighted by atomic mass is 10.2. The fourth-order valence-corrected chi connectivity index (χ4v) is 3.10. The lowest BCUT2D eigenvalue weighted by molar-refractivity contribution is 0.0948. The molecule has 1 amide bonds. The average Bonchev–Trinajstić information content (AvgIpc) is 3.06. The third-order valence-electron chi connectivity index (χ3n) is 3.63. The molecule has 1 aromatic heterocycles. The van der Waals surface area contributed by atoms with E-state index in [4.69, 9.17) is 5.73 Å². The summed E-state index contributed by atoms with van der Waals surface area (Å²) in [6, 6.07) is 7.95. The Labute approximate surface area is 131 Å². The topological polar surface area (TPSA) is 72.9 Å². The zero-order chi connectivity index (χ0) is 14.8. The van der Waals surface area contributed by atoms with Crippen LogP contribution in [0.25, 0.3) is 5.69 Å². The first-order valence-electron chi connectivity index (χ1n) is 7.05. The van der Waals surface area contributed by atoms with Crippen LogP contribution in [0.1, 0.15) is 28.2 Å². The largest absolute Gasteiger partial charge is 0.349 e. The standard InChI is InChI=1S/C15H17BrN4O/c16-10-3-1-4-11(9-10)20-13-6-2-5-12(13)14(19-20)15(21)18-8-7-17/h1,3-4,9H,2,5-8,17H2,(H,18,21). The molecule has 110 valence electrons. The summed E-state index contributed by atoms with van der Waals surface area (Å²) in [6.45, 7) is 0.900. The van der Waals surface area contributed by atoms with Crippen molar-refractivity contribution < 1.29 is 4.79 Å². The number of aromatic nitrogens is 2. The third-order valence-corrected chi connectivity index (χ3v) is 4.12. The Kier molecular flexibility index (Phi) is 4.07. The second kappa shape index (κ2) is 5.99. The van der Waals surface area contributed by atoms with E-state index in [1.807, 2.05) is 28.9 Å². The molecule has 6 heteroatoms. The molecule has 0 bridgehead atoms. The maximum atomic E-state index is 12.2. The first-order valence-corrected chi connectivity index (χ1v) is 7.85. The van der Waals surface area contributed by atoms with Gasteiger partial charge in [0.15, 0.2) is 5.69 Å². The van der Waals surface area contributed by atoms with Gasteiger partial charge in [-0.05, 0) is 37.5 Å². The number of nitrogens with one attached hydrogen (secondary N) is 1. The summed E-state index contributed by atoms with van der Waals surface area (Å²) in [4.78, 5) is 12.2. The normalized spacial score (nSPS) is 13.2. The highest BCUT2D eigenvalue weighted by molar-refractivity contribution is 9.10. The van der Waals surface area contributed by atoms with Gasteiger partial charge in [0.2, 0.25) is 0 Å². The SMILES string of the molecule is NCCNC(=O)c1nn(-c2cccc(Br)c2)c2c1CCC2. The Hall–Kier alpha value is -1.66. The van der Waals surface area contributed by atoms with E-state index in [9.17, 15) is 4.79 Å². The zero-order valence-corrected chi connectivity index (χ0v) is 13.2. The Morgan fingerprint density at radius 1 is 1.43 bits per heavy atom. The number of hydrogen-bond donors (Lipinski definition) is 2. The molecule has 0 atom stereocenters. The molecular weight excluding hydrogens is 332 g/mol. The minimum Gasteiger partial charge on any atom is -0.349 e. The first kappa shape index (κ1) is 14.3. The molecule has 3 N–H and O–H groups in total. The van der Waals surface area contributed by atoms with Crippen LogP contribution in [0.3, 0.4) is 0 Å².